The molecule has 0 saturated heterocycles. The Morgan fingerprint density at radius 3 is 2.24 bits per heavy atom. The first-order valence-corrected chi connectivity index (χ1v) is 10.9. The molecule has 29 heavy (non-hydrogen) atoms. The Balaban J connectivity index is 1.77. The minimum atomic E-state index is -0.0172. The number of carbonyl (C=O) groups excluding carboxylic acids is 1. The number of para-hydroxylation sites is 1. The molecule has 0 atom stereocenters. The Kier molecular flexibility index (Phi) is 5.88. The highest BCUT2D eigenvalue weighted by atomic mass is 79.9. The van der Waals surface area contributed by atoms with Crippen LogP contribution in [0, 0.1) is 6.92 Å². The number of anilines is 2. The van der Waals surface area contributed by atoms with Gasteiger partial charge < -0.3 is 0 Å². The second-order valence-electron chi connectivity index (χ2n) is 6.61. The van der Waals surface area contributed by atoms with E-state index in [0.29, 0.717) is 11.6 Å². The van der Waals surface area contributed by atoms with E-state index in [1.54, 1.807) is 4.90 Å². The molecule has 0 fully saturated rings. The summed E-state index contributed by atoms with van der Waals surface area (Å²) in [5.74, 6) is -0.0172. The van der Waals surface area contributed by atoms with Gasteiger partial charge in [0.1, 0.15) is 0 Å². The van der Waals surface area contributed by atoms with E-state index < -0.39 is 0 Å². The van der Waals surface area contributed by atoms with Gasteiger partial charge in [-0.15, -0.1) is 11.3 Å². The largest absolute Gasteiger partial charge is 0.274 e. The number of aryl methyl sites for hydroxylation is 1. The van der Waals surface area contributed by atoms with E-state index in [-0.39, 0.29) is 5.91 Å². The summed E-state index contributed by atoms with van der Waals surface area (Å²) < 4.78 is 0.857. The Morgan fingerprint density at radius 1 is 0.931 bits per heavy atom. The monoisotopic (exact) mass is 462 g/mol. The van der Waals surface area contributed by atoms with Crippen LogP contribution in [0.1, 0.15) is 10.4 Å². The number of amides is 1. The molecule has 0 N–H and O–H groups in total. The fourth-order valence-electron chi connectivity index (χ4n) is 3.17. The van der Waals surface area contributed by atoms with Gasteiger partial charge in [0, 0.05) is 14.9 Å². The van der Waals surface area contributed by atoms with E-state index in [2.05, 4.69) is 15.9 Å². The summed E-state index contributed by atoms with van der Waals surface area (Å²) in [6, 6.07) is 27.6. The molecule has 1 aromatic heterocycles. The molecule has 144 valence electrons. The number of aromatic nitrogens is 1. The third-order valence-electron chi connectivity index (χ3n) is 4.56. The Labute approximate surface area is 182 Å². The van der Waals surface area contributed by atoms with E-state index in [0.717, 1.165) is 31.9 Å². The third-order valence-corrected chi connectivity index (χ3v) is 6.19. The highest BCUT2D eigenvalue weighted by molar-refractivity contribution is 9.10. The van der Waals surface area contributed by atoms with Crippen LogP contribution in [0.2, 0.25) is 0 Å². The third kappa shape index (κ3) is 4.31. The number of rotatable bonds is 5. The van der Waals surface area contributed by atoms with Gasteiger partial charge in [-0.3, -0.25) is 9.69 Å². The summed E-state index contributed by atoms with van der Waals surface area (Å²) >= 11 is 5.13. The molecular formula is C24H19BrN2OS. The fourth-order valence-corrected chi connectivity index (χ4v) is 4.59. The van der Waals surface area contributed by atoms with E-state index in [1.165, 1.54) is 11.3 Å². The quantitative estimate of drug-likeness (QED) is 0.327. The molecule has 0 bridgehead atoms. The van der Waals surface area contributed by atoms with Gasteiger partial charge in [0.25, 0.3) is 0 Å². The smallest absolute Gasteiger partial charge is 0.237 e. The molecule has 0 aliphatic heterocycles. The molecule has 0 spiro atoms. The lowest BCUT2D eigenvalue weighted by molar-refractivity contribution is -0.117. The van der Waals surface area contributed by atoms with Crippen LogP contribution in [0.3, 0.4) is 0 Å². The highest BCUT2D eigenvalue weighted by Gasteiger charge is 2.24. The fraction of sp³-hybridized carbons (Fsp3) is 0.0833. The maximum absolute atomic E-state index is 13.4. The first-order chi connectivity index (χ1) is 14.1. The van der Waals surface area contributed by atoms with Crippen LogP contribution in [0.25, 0.3) is 11.3 Å². The zero-order valence-corrected chi connectivity index (χ0v) is 18.3. The maximum Gasteiger partial charge on any atom is 0.237 e. The van der Waals surface area contributed by atoms with E-state index >= 15 is 0 Å². The van der Waals surface area contributed by atoms with Crippen LogP contribution in [0.15, 0.2) is 89.4 Å². The van der Waals surface area contributed by atoms with Crippen LogP contribution in [0.4, 0.5) is 10.8 Å². The lowest BCUT2D eigenvalue weighted by Crippen LogP contribution is -2.27. The predicted molar refractivity (Wildman–Crippen MR) is 124 cm³/mol. The Bertz CT molecular complexity index is 1130. The zero-order valence-electron chi connectivity index (χ0n) is 15.9. The summed E-state index contributed by atoms with van der Waals surface area (Å²) in [7, 11) is 0. The number of benzene rings is 3. The van der Waals surface area contributed by atoms with Gasteiger partial charge in [-0.1, -0.05) is 72.8 Å². The molecule has 3 aromatic carbocycles. The van der Waals surface area contributed by atoms with E-state index in [4.69, 9.17) is 4.98 Å². The van der Waals surface area contributed by atoms with Crippen LogP contribution in [0.5, 0.6) is 0 Å². The minimum absolute atomic E-state index is 0.0172. The summed E-state index contributed by atoms with van der Waals surface area (Å²) in [5.41, 5.74) is 3.73. The first-order valence-electron chi connectivity index (χ1n) is 9.28. The van der Waals surface area contributed by atoms with Crippen LogP contribution < -0.4 is 4.90 Å². The average molecular weight is 463 g/mol. The van der Waals surface area contributed by atoms with Gasteiger partial charge in [0.05, 0.1) is 17.8 Å². The van der Waals surface area contributed by atoms with Crippen LogP contribution in [-0.4, -0.2) is 10.9 Å². The second-order valence-corrected chi connectivity index (χ2v) is 8.65. The van der Waals surface area contributed by atoms with Gasteiger partial charge in [0.2, 0.25) is 5.91 Å². The lowest BCUT2D eigenvalue weighted by Gasteiger charge is -2.21. The number of nitrogens with zero attached hydrogens (tertiary/aromatic N) is 2. The standard InChI is InChI=1S/C24H19BrN2OS/c1-17-23(19-12-6-3-7-13-19)26-24(29-17)27(21-15-9-8-14-20(21)25)22(28)16-18-10-4-2-5-11-18/h2-15H,16H2,1H3. The van der Waals surface area contributed by atoms with Crippen molar-refractivity contribution in [3.63, 3.8) is 0 Å². The molecule has 0 aliphatic carbocycles. The molecule has 1 amide bonds. The summed E-state index contributed by atoms with van der Waals surface area (Å²) in [5, 5.41) is 0.675. The maximum atomic E-state index is 13.4. The van der Waals surface area contributed by atoms with Crippen molar-refractivity contribution in [1.82, 2.24) is 4.98 Å². The zero-order chi connectivity index (χ0) is 20.2. The number of hydrogen-bond donors (Lipinski definition) is 0. The number of thiazole rings is 1. The molecule has 0 radical (unpaired) electrons. The van der Waals surface area contributed by atoms with Gasteiger partial charge in [0.15, 0.2) is 5.13 Å². The number of hydrogen-bond acceptors (Lipinski definition) is 3. The normalized spacial score (nSPS) is 10.7. The second kappa shape index (κ2) is 8.72. The van der Waals surface area contributed by atoms with Crippen molar-refractivity contribution in [3.05, 3.63) is 99.8 Å². The summed E-state index contributed by atoms with van der Waals surface area (Å²) in [6.07, 6.45) is 0.307. The van der Waals surface area contributed by atoms with Crippen molar-refractivity contribution in [1.29, 1.82) is 0 Å². The topological polar surface area (TPSA) is 33.2 Å². The van der Waals surface area contributed by atoms with Gasteiger partial charge >= 0.3 is 0 Å². The van der Waals surface area contributed by atoms with Crippen molar-refractivity contribution in [3.8, 4) is 11.3 Å². The molecule has 4 aromatic rings. The summed E-state index contributed by atoms with van der Waals surface area (Å²) in [6.45, 7) is 2.05. The lowest BCUT2D eigenvalue weighted by atomic mass is 10.1. The Morgan fingerprint density at radius 2 is 1.55 bits per heavy atom. The summed E-state index contributed by atoms with van der Waals surface area (Å²) in [4.78, 5) is 21.1. The van der Waals surface area contributed by atoms with Crippen LogP contribution in [-0.2, 0) is 11.2 Å². The minimum Gasteiger partial charge on any atom is -0.274 e. The molecule has 1 heterocycles. The predicted octanol–water partition coefficient (Wildman–Crippen LogP) is 6.79. The molecule has 3 nitrogen and oxygen atoms in total. The van der Waals surface area contributed by atoms with Crippen LogP contribution >= 0.6 is 27.3 Å². The number of carbonyl (C=O) groups is 1. The van der Waals surface area contributed by atoms with Gasteiger partial charge in [-0.05, 0) is 40.5 Å². The van der Waals surface area contributed by atoms with E-state index in [9.17, 15) is 4.79 Å². The molecule has 0 saturated carbocycles. The average Bonchev–Trinajstić information content (AvgIpc) is 3.12. The molecule has 5 heteroatoms. The van der Waals surface area contributed by atoms with Crippen molar-refractivity contribution in [2.75, 3.05) is 4.90 Å². The molecule has 0 aliphatic rings. The SMILES string of the molecule is Cc1sc(N(C(=O)Cc2ccccc2)c2ccccc2Br)nc1-c1ccccc1. The van der Waals surface area contributed by atoms with Gasteiger partial charge in [-0.2, -0.15) is 0 Å². The molecular weight excluding hydrogens is 444 g/mol. The van der Waals surface area contributed by atoms with Crippen molar-refractivity contribution < 1.29 is 4.79 Å². The number of halogens is 1. The highest BCUT2D eigenvalue weighted by Crippen LogP contribution is 2.38. The first kappa shape index (κ1) is 19.6. The van der Waals surface area contributed by atoms with Crippen molar-refractivity contribution >= 4 is 44.0 Å². The molecule has 0 unspecified atom stereocenters. The Hall–Kier alpha value is -2.76. The van der Waals surface area contributed by atoms with Gasteiger partial charge in [-0.25, -0.2) is 4.98 Å². The van der Waals surface area contributed by atoms with E-state index in [1.807, 2.05) is 91.9 Å². The molecule has 4 rings (SSSR count). The van der Waals surface area contributed by atoms with Crippen molar-refractivity contribution in [2.24, 2.45) is 0 Å². The van der Waals surface area contributed by atoms with Crippen molar-refractivity contribution in [2.45, 2.75) is 13.3 Å².